The van der Waals surface area contributed by atoms with Crippen LogP contribution >= 0.6 is 0 Å². The van der Waals surface area contributed by atoms with E-state index in [1.807, 2.05) is 16.8 Å². The van der Waals surface area contributed by atoms with Gasteiger partial charge in [0.1, 0.15) is 5.82 Å². The summed E-state index contributed by atoms with van der Waals surface area (Å²) in [6.45, 7) is 18.7. The summed E-state index contributed by atoms with van der Waals surface area (Å²) in [7, 11) is 2.07. The van der Waals surface area contributed by atoms with Crippen LogP contribution in [-0.4, -0.2) is 41.4 Å². The fourth-order valence-corrected chi connectivity index (χ4v) is 3.82. The molecule has 1 aliphatic rings. The van der Waals surface area contributed by atoms with Crippen LogP contribution in [0.25, 0.3) is 5.70 Å². The highest BCUT2D eigenvalue weighted by Gasteiger charge is 2.28. The lowest BCUT2D eigenvalue weighted by Crippen LogP contribution is -2.35. The van der Waals surface area contributed by atoms with E-state index in [9.17, 15) is 5.26 Å². The molecular formula is C24H35N5. The summed E-state index contributed by atoms with van der Waals surface area (Å²) in [4.78, 5) is 4.40. The number of aryl methyl sites for hydroxylation is 1. The van der Waals surface area contributed by atoms with Crippen LogP contribution in [0.5, 0.6) is 0 Å². The SMILES string of the molecule is C=CCN1C(C=C)=C(CN(C)CC(C#N)CCCCC)C(=C)n2nc(CC)cc21. The minimum Gasteiger partial charge on any atom is -0.322 e. The average Bonchev–Trinajstić information content (AvgIpc) is 3.15. The third-order valence-electron chi connectivity index (χ3n) is 5.39. The van der Waals surface area contributed by atoms with Gasteiger partial charge < -0.3 is 9.80 Å². The van der Waals surface area contributed by atoms with Crippen molar-refractivity contribution in [3.8, 4) is 6.07 Å². The highest BCUT2D eigenvalue weighted by molar-refractivity contribution is 5.76. The topological polar surface area (TPSA) is 48.1 Å². The Labute approximate surface area is 176 Å². The molecule has 1 aliphatic heterocycles. The Bertz CT molecular complexity index is 808. The molecule has 0 fully saturated rings. The lowest BCUT2D eigenvalue weighted by molar-refractivity contribution is 0.315. The number of rotatable bonds is 12. The third kappa shape index (κ3) is 5.27. The van der Waals surface area contributed by atoms with Crippen LogP contribution in [0.2, 0.25) is 0 Å². The molecule has 1 unspecified atom stereocenters. The maximum absolute atomic E-state index is 9.55. The second kappa shape index (κ2) is 10.8. The van der Waals surface area contributed by atoms with Crippen LogP contribution in [-0.2, 0) is 6.42 Å². The summed E-state index contributed by atoms with van der Waals surface area (Å²) in [5, 5.41) is 14.3. The van der Waals surface area contributed by atoms with Gasteiger partial charge in [-0.3, -0.25) is 0 Å². The number of fused-ring (bicyclic) bond motifs is 1. The molecule has 0 amide bonds. The molecular weight excluding hydrogens is 358 g/mol. The molecule has 5 heteroatoms. The normalized spacial score (nSPS) is 14.7. The van der Waals surface area contributed by atoms with Gasteiger partial charge in [-0.15, -0.1) is 6.58 Å². The zero-order valence-corrected chi connectivity index (χ0v) is 18.3. The van der Waals surface area contributed by atoms with Crippen LogP contribution in [0.1, 0.15) is 45.2 Å². The zero-order valence-electron chi connectivity index (χ0n) is 18.3. The molecule has 2 heterocycles. The molecule has 0 saturated carbocycles. The molecule has 0 spiro atoms. The monoisotopic (exact) mass is 393 g/mol. The predicted molar refractivity (Wildman–Crippen MR) is 122 cm³/mol. The summed E-state index contributed by atoms with van der Waals surface area (Å²) in [6.07, 6.45) is 9.07. The van der Waals surface area contributed by atoms with Crippen molar-refractivity contribution < 1.29 is 0 Å². The molecule has 5 nitrogen and oxygen atoms in total. The zero-order chi connectivity index (χ0) is 21.4. The average molecular weight is 394 g/mol. The van der Waals surface area contributed by atoms with Gasteiger partial charge in [0.25, 0.3) is 0 Å². The second-order valence-corrected chi connectivity index (χ2v) is 7.69. The third-order valence-corrected chi connectivity index (χ3v) is 5.39. The van der Waals surface area contributed by atoms with Crippen LogP contribution < -0.4 is 4.90 Å². The predicted octanol–water partition coefficient (Wildman–Crippen LogP) is 5.01. The van der Waals surface area contributed by atoms with Crippen molar-refractivity contribution in [2.24, 2.45) is 5.92 Å². The number of hydrogen-bond donors (Lipinski definition) is 0. The summed E-state index contributed by atoms with van der Waals surface area (Å²) in [6, 6.07) is 4.59. The number of hydrogen-bond acceptors (Lipinski definition) is 4. The fraction of sp³-hybridized carbons (Fsp3) is 0.500. The van der Waals surface area contributed by atoms with Gasteiger partial charge in [-0.2, -0.15) is 10.4 Å². The number of unbranched alkanes of at least 4 members (excludes halogenated alkanes) is 2. The number of nitriles is 1. The van der Waals surface area contributed by atoms with Gasteiger partial charge in [0.2, 0.25) is 0 Å². The minimum atomic E-state index is 0.0485. The van der Waals surface area contributed by atoms with Crippen molar-refractivity contribution in [3.63, 3.8) is 0 Å². The van der Waals surface area contributed by atoms with Gasteiger partial charge in [-0.25, -0.2) is 4.68 Å². The first-order chi connectivity index (χ1) is 14.0. The Morgan fingerprint density at radius 1 is 1.31 bits per heavy atom. The number of likely N-dealkylation sites (N-methyl/N-ethyl adjacent to an activating group) is 1. The first-order valence-electron chi connectivity index (χ1n) is 10.6. The molecule has 0 radical (unpaired) electrons. The van der Waals surface area contributed by atoms with E-state index in [2.05, 4.69) is 62.6 Å². The van der Waals surface area contributed by atoms with Crippen LogP contribution in [0.4, 0.5) is 5.82 Å². The summed E-state index contributed by atoms with van der Waals surface area (Å²) in [5.74, 6) is 1.05. The highest BCUT2D eigenvalue weighted by atomic mass is 15.4. The highest BCUT2D eigenvalue weighted by Crippen LogP contribution is 2.35. The Kier molecular flexibility index (Phi) is 8.48. The second-order valence-electron chi connectivity index (χ2n) is 7.69. The van der Waals surface area contributed by atoms with Crippen molar-refractivity contribution in [3.05, 3.63) is 54.9 Å². The Morgan fingerprint density at radius 2 is 2.07 bits per heavy atom. The standard InChI is InChI=1S/C24H35N5/c1-7-11-12-13-20(16-25)17-27(6)18-22-19(5)29-24(15-21(9-3)26-29)28(14-8-2)23(22)10-4/h8,10,15,20H,2,4-5,7,9,11-14,17-18H2,1,3,6H3. The first kappa shape index (κ1) is 22.7. The van der Waals surface area contributed by atoms with Crippen molar-refractivity contribution in [2.45, 2.75) is 46.0 Å². The molecule has 1 aromatic rings. The van der Waals surface area contributed by atoms with E-state index in [4.69, 9.17) is 5.10 Å². The Hall–Kier alpha value is -2.58. The van der Waals surface area contributed by atoms with Gasteiger partial charge in [-0.1, -0.05) is 52.3 Å². The quantitative estimate of drug-likeness (QED) is 0.370. The summed E-state index contributed by atoms with van der Waals surface area (Å²) >= 11 is 0. The van der Waals surface area contributed by atoms with E-state index in [1.54, 1.807) is 0 Å². The van der Waals surface area contributed by atoms with Crippen molar-refractivity contribution in [1.82, 2.24) is 14.7 Å². The smallest absolute Gasteiger partial charge is 0.137 e. The maximum Gasteiger partial charge on any atom is 0.137 e. The van der Waals surface area contributed by atoms with Crippen molar-refractivity contribution >= 4 is 11.5 Å². The molecule has 1 atom stereocenters. The Morgan fingerprint density at radius 3 is 2.66 bits per heavy atom. The van der Waals surface area contributed by atoms with Gasteiger partial charge in [-0.05, 0) is 26.0 Å². The lowest BCUT2D eigenvalue weighted by Gasteiger charge is -2.34. The van der Waals surface area contributed by atoms with Gasteiger partial charge in [0.15, 0.2) is 0 Å². The van der Waals surface area contributed by atoms with E-state index in [0.717, 1.165) is 54.3 Å². The molecule has 1 aromatic heterocycles. The minimum absolute atomic E-state index is 0.0485. The molecule has 0 bridgehead atoms. The molecule has 0 N–H and O–H groups in total. The van der Waals surface area contributed by atoms with E-state index in [1.165, 1.54) is 12.8 Å². The summed E-state index contributed by atoms with van der Waals surface area (Å²) < 4.78 is 1.93. The fourth-order valence-electron chi connectivity index (χ4n) is 3.82. The number of anilines is 1. The first-order valence-corrected chi connectivity index (χ1v) is 10.6. The number of aromatic nitrogens is 2. The van der Waals surface area contributed by atoms with E-state index in [0.29, 0.717) is 13.1 Å². The molecule has 0 aliphatic carbocycles. The lowest BCUT2D eigenvalue weighted by atomic mass is 10.0. The van der Waals surface area contributed by atoms with E-state index in [-0.39, 0.29) is 5.92 Å². The Balaban J connectivity index is 2.26. The molecule has 2 rings (SSSR count). The maximum atomic E-state index is 9.55. The van der Waals surface area contributed by atoms with Gasteiger partial charge in [0, 0.05) is 37.0 Å². The van der Waals surface area contributed by atoms with Gasteiger partial charge in [0.05, 0.1) is 23.4 Å². The van der Waals surface area contributed by atoms with Crippen LogP contribution in [0.3, 0.4) is 0 Å². The molecule has 156 valence electrons. The molecule has 29 heavy (non-hydrogen) atoms. The van der Waals surface area contributed by atoms with Gasteiger partial charge >= 0.3 is 0 Å². The number of allylic oxidation sites excluding steroid dienone is 1. The molecule has 0 saturated heterocycles. The molecule has 0 aromatic carbocycles. The summed E-state index contributed by atoms with van der Waals surface area (Å²) in [5.41, 5.74) is 4.04. The van der Waals surface area contributed by atoms with Crippen LogP contribution in [0.15, 0.2) is 49.2 Å². The van der Waals surface area contributed by atoms with Crippen LogP contribution in [0, 0.1) is 17.2 Å². The van der Waals surface area contributed by atoms with Crippen molar-refractivity contribution in [2.75, 3.05) is 31.6 Å². The van der Waals surface area contributed by atoms with Crippen molar-refractivity contribution in [1.29, 1.82) is 5.26 Å². The van der Waals surface area contributed by atoms with E-state index < -0.39 is 0 Å². The van der Waals surface area contributed by atoms with E-state index >= 15 is 0 Å². The largest absolute Gasteiger partial charge is 0.322 e. The number of nitrogens with zero attached hydrogens (tertiary/aromatic N) is 5.